The van der Waals surface area contributed by atoms with Crippen LogP contribution in [0.3, 0.4) is 0 Å². The van der Waals surface area contributed by atoms with Crippen LogP contribution < -0.4 is 5.73 Å². The SMILES string of the molecule is CC/C=C\CCC(CCCN)c1n[nH]c(C)n1. The molecule has 0 aliphatic rings. The summed E-state index contributed by atoms with van der Waals surface area (Å²) in [5.41, 5.74) is 5.57. The van der Waals surface area contributed by atoms with Gasteiger partial charge in [0, 0.05) is 5.92 Å². The van der Waals surface area contributed by atoms with Gasteiger partial charge in [0.1, 0.15) is 5.82 Å². The normalized spacial score (nSPS) is 13.4. The van der Waals surface area contributed by atoms with Crippen molar-refractivity contribution in [2.24, 2.45) is 5.73 Å². The number of aryl methyl sites for hydroxylation is 1. The predicted octanol–water partition coefficient (Wildman–Crippen LogP) is 2.68. The van der Waals surface area contributed by atoms with E-state index >= 15 is 0 Å². The van der Waals surface area contributed by atoms with Gasteiger partial charge >= 0.3 is 0 Å². The van der Waals surface area contributed by atoms with Gasteiger partial charge < -0.3 is 5.73 Å². The van der Waals surface area contributed by atoms with Crippen LogP contribution in [0.1, 0.15) is 56.6 Å². The molecule has 0 aromatic carbocycles. The Morgan fingerprint density at radius 1 is 1.35 bits per heavy atom. The Bertz CT molecular complexity index is 330. The number of aromatic amines is 1. The zero-order valence-corrected chi connectivity index (χ0v) is 10.9. The molecule has 1 heterocycles. The maximum atomic E-state index is 5.57. The maximum Gasteiger partial charge on any atom is 0.153 e. The lowest BCUT2D eigenvalue weighted by molar-refractivity contribution is 0.536. The number of aromatic nitrogens is 3. The molecule has 4 nitrogen and oxygen atoms in total. The molecule has 1 aromatic rings. The van der Waals surface area contributed by atoms with Gasteiger partial charge in [0.2, 0.25) is 0 Å². The molecule has 1 aromatic heterocycles. The minimum Gasteiger partial charge on any atom is -0.330 e. The Morgan fingerprint density at radius 2 is 2.18 bits per heavy atom. The molecule has 0 saturated heterocycles. The topological polar surface area (TPSA) is 67.6 Å². The monoisotopic (exact) mass is 236 g/mol. The average Bonchev–Trinajstić information content (AvgIpc) is 2.75. The van der Waals surface area contributed by atoms with E-state index in [1.807, 2.05) is 6.92 Å². The number of hydrogen-bond donors (Lipinski definition) is 2. The second-order valence-electron chi connectivity index (χ2n) is 4.36. The smallest absolute Gasteiger partial charge is 0.153 e. The molecule has 0 bridgehead atoms. The number of nitrogens with two attached hydrogens (primary N) is 1. The molecule has 0 aliphatic heterocycles. The van der Waals surface area contributed by atoms with E-state index in [1.165, 1.54) is 0 Å². The summed E-state index contributed by atoms with van der Waals surface area (Å²) in [5.74, 6) is 2.27. The van der Waals surface area contributed by atoms with Gasteiger partial charge in [0.15, 0.2) is 5.82 Å². The van der Waals surface area contributed by atoms with Crippen LogP contribution in [0.5, 0.6) is 0 Å². The molecule has 0 amide bonds. The second-order valence-corrected chi connectivity index (χ2v) is 4.36. The van der Waals surface area contributed by atoms with E-state index in [1.54, 1.807) is 0 Å². The maximum absolute atomic E-state index is 5.57. The highest BCUT2D eigenvalue weighted by Crippen LogP contribution is 2.23. The summed E-state index contributed by atoms with van der Waals surface area (Å²) < 4.78 is 0. The van der Waals surface area contributed by atoms with Crippen molar-refractivity contribution in [2.45, 2.75) is 51.9 Å². The molecule has 1 atom stereocenters. The van der Waals surface area contributed by atoms with Gasteiger partial charge in [-0.25, -0.2) is 4.98 Å². The summed E-state index contributed by atoms with van der Waals surface area (Å²) in [7, 11) is 0. The van der Waals surface area contributed by atoms with E-state index in [9.17, 15) is 0 Å². The molecule has 1 unspecified atom stereocenters. The van der Waals surface area contributed by atoms with Gasteiger partial charge in [0.05, 0.1) is 0 Å². The minimum absolute atomic E-state index is 0.435. The highest BCUT2D eigenvalue weighted by molar-refractivity contribution is 4.98. The van der Waals surface area contributed by atoms with Crippen molar-refractivity contribution in [1.29, 1.82) is 0 Å². The van der Waals surface area contributed by atoms with Crippen molar-refractivity contribution in [3.8, 4) is 0 Å². The molecule has 96 valence electrons. The quantitative estimate of drug-likeness (QED) is 0.682. The Labute approximate surface area is 104 Å². The first-order chi connectivity index (χ1) is 8.27. The third kappa shape index (κ3) is 5.13. The fraction of sp³-hybridized carbons (Fsp3) is 0.692. The fourth-order valence-corrected chi connectivity index (χ4v) is 1.89. The van der Waals surface area contributed by atoms with Crippen LogP contribution in [-0.4, -0.2) is 21.7 Å². The van der Waals surface area contributed by atoms with E-state index in [0.717, 1.165) is 50.3 Å². The van der Waals surface area contributed by atoms with Crippen molar-refractivity contribution in [3.05, 3.63) is 23.8 Å². The number of nitrogens with one attached hydrogen (secondary N) is 1. The number of H-pyrrole nitrogens is 1. The van der Waals surface area contributed by atoms with Crippen molar-refractivity contribution >= 4 is 0 Å². The van der Waals surface area contributed by atoms with Crippen LogP contribution in [-0.2, 0) is 0 Å². The fourth-order valence-electron chi connectivity index (χ4n) is 1.89. The van der Waals surface area contributed by atoms with E-state index in [4.69, 9.17) is 5.73 Å². The van der Waals surface area contributed by atoms with E-state index in [-0.39, 0.29) is 0 Å². The zero-order chi connectivity index (χ0) is 12.5. The Balaban J connectivity index is 2.51. The lowest BCUT2D eigenvalue weighted by Crippen LogP contribution is -2.06. The molecule has 0 spiro atoms. The third-order valence-corrected chi connectivity index (χ3v) is 2.82. The predicted molar refractivity (Wildman–Crippen MR) is 70.8 cm³/mol. The average molecular weight is 236 g/mol. The van der Waals surface area contributed by atoms with Gasteiger partial charge in [-0.2, -0.15) is 5.10 Å². The van der Waals surface area contributed by atoms with Crippen molar-refractivity contribution < 1.29 is 0 Å². The lowest BCUT2D eigenvalue weighted by Gasteiger charge is -2.11. The number of allylic oxidation sites excluding steroid dienone is 2. The van der Waals surface area contributed by atoms with Crippen molar-refractivity contribution in [1.82, 2.24) is 15.2 Å². The molecular weight excluding hydrogens is 212 g/mol. The van der Waals surface area contributed by atoms with Gasteiger partial charge in [-0.1, -0.05) is 19.1 Å². The van der Waals surface area contributed by atoms with Gasteiger partial charge in [-0.05, 0) is 45.6 Å². The summed E-state index contributed by atoms with van der Waals surface area (Å²) in [6, 6.07) is 0. The van der Waals surface area contributed by atoms with E-state index in [0.29, 0.717) is 5.92 Å². The van der Waals surface area contributed by atoms with Gasteiger partial charge in [0.25, 0.3) is 0 Å². The molecule has 1 rings (SSSR count). The first-order valence-corrected chi connectivity index (χ1v) is 6.51. The summed E-state index contributed by atoms with van der Waals surface area (Å²) in [4.78, 5) is 4.43. The van der Waals surface area contributed by atoms with Crippen LogP contribution in [0.15, 0.2) is 12.2 Å². The Kier molecular flexibility index (Phi) is 6.55. The number of hydrogen-bond acceptors (Lipinski definition) is 3. The van der Waals surface area contributed by atoms with Gasteiger partial charge in [-0.3, -0.25) is 5.10 Å². The summed E-state index contributed by atoms with van der Waals surface area (Å²) in [6.07, 6.45) is 9.87. The van der Waals surface area contributed by atoms with E-state index in [2.05, 4.69) is 34.3 Å². The highest BCUT2D eigenvalue weighted by atomic mass is 15.2. The third-order valence-electron chi connectivity index (χ3n) is 2.82. The summed E-state index contributed by atoms with van der Waals surface area (Å²) >= 11 is 0. The second kappa shape index (κ2) is 8.01. The standard InChI is InChI=1S/C13H24N4/c1-3-4-5-6-8-12(9-7-10-14)13-15-11(2)16-17-13/h4-5,12H,3,6-10,14H2,1-2H3,(H,15,16,17)/b5-4-. The summed E-state index contributed by atoms with van der Waals surface area (Å²) in [5, 5.41) is 7.18. The molecular formula is C13H24N4. The number of nitrogens with zero attached hydrogens (tertiary/aromatic N) is 2. The molecule has 3 N–H and O–H groups in total. The first kappa shape index (κ1) is 13.9. The van der Waals surface area contributed by atoms with Crippen molar-refractivity contribution in [3.63, 3.8) is 0 Å². The molecule has 0 radical (unpaired) electrons. The lowest BCUT2D eigenvalue weighted by atomic mass is 9.96. The summed E-state index contributed by atoms with van der Waals surface area (Å²) in [6.45, 7) is 4.83. The Morgan fingerprint density at radius 3 is 2.76 bits per heavy atom. The molecule has 17 heavy (non-hydrogen) atoms. The first-order valence-electron chi connectivity index (χ1n) is 6.51. The van der Waals surface area contributed by atoms with Crippen LogP contribution in [0.25, 0.3) is 0 Å². The van der Waals surface area contributed by atoms with E-state index < -0.39 is 0 Å². The molecule has 0 aliphatic carbocycles. The van der Waals surface area contributed by atoms with Crippen LogP contribution in [0.2, 0.25) is 0 Å². The Hall–Kier alpha value is -1.16. The molecule has 0 fully saturated rings. The van der Waals surface area contributed by atoms with Crippen LogP contribution in [0.4, 0.5) is 0 Å². The largest absolute Gasteiger partial charge is 0.330 e. The van der Waals surface area contributed by atoms with Crippen LogP contribution >= 0.6 is 0 Å². The molecule has 0 saturated carbocycles. The zero-order valence-electron chi connectivity index (χ0n) is 10.9. The van der Waals surface area contributed by atoms with Crippen LogP contribution in [0, 0.1) is 6.92 Å². The highest BCUT2D eigenvalue weighted by Gasteiger charge is 2.14. The van der Waals surface area contributed by atoms with Crippen molar-refractivity contribution in [2.75, 3.05) is 6.54 Å². The van der Waals surface area contributed by atoms with Gasteiger partial charge in [-0.15, -0.1) is 0 Å². The number of rotatable bonds is 8. The molecule has 4 heteroatoms. The minimum atomic E-state index is 0.435.